The Morgan fingerprint density at radius 2 is 1.62 bits per heavy atom. The maximum Gasteiger partial charge on any atom is 0.326 e. The standard InChI is InChI=1S/C27H25N3O2/c1-19-9-8-12-21(15-19)17-24(27(31)32)30-26-23(16-20-10-4-2-5-11-20)29-25(18-28-26)22-13-6-3-7-14-22/h2-15,18,24H,16-17H2,1H3,(H,28,30)(H,31,32). The number of anilines is 1. The van der Waals surface area contributed by atoms with Crippen molar-refractivity contribution in [1.29, 1.82) is 0 Å². The van der Waals surface area contributed by atoms with Gasteiger partial charge >= 0.3 is 5.97 Å². The fourth-order valence-corrected chi connectivity index (χ4v) is 3.65. The molecule has 1 heterocycles. The number of benzene rings is 3. The number of aromatic nitrogens is 2. The molecule has 0 fully saturated rings. The van der Waals surface area contributed by atoms with Crippen LogP contribution in [0.1, 0.15) is 22.4 Å². The summed E-state index contributed by atoms with van der Waals surface area (Å²) in [4.78, 5) is 21.5. The highest BCUT2D eigenvalue weighted by Gasteiger charge is 2.21. The van der Waals surface area contributed by atoms with Gasteiger partial charge in [-0.05, 0) is 18.1 Å². The van der Waals surface area contributed by atoms with E-state index in [0.717, 1.165) is 27.9 Å². The molecule has 0 saturated carbocycles. The molecule has 0 saturated heterocycles. The van der Waals surface area contributed by atoms with Crippen LogP contribution >= 0.6 is 0 Å². The van der Waals surface area contributed by atoms with Gasteiger partial charge in [0, 0.05) is 18.4 Å². The molecule has 4 rings (SSSR count). The minimum Gasteiger partial charge on any atom is -0.480 e. The normalized spacial score (nSPS) is 11.7. The number of carboxylic acids is 1. The Balaban J connectivity index is 1.66. The van der Waals surface area contributed by atoms with Crippen LogP contribution in [0.15, 0.2) is 91.1 Å². The third kappa shape index (κ3) is 5.38. The van der Waals surface area contributed by atoms with Crippen molar-refractivity contribution in [1.82, 2.24) is 9.97 Å². The number of rotatable bonds is 8. The van der Waals surface area contributed by atoms with E-state index in [1.165, 1.54) is 0 Å². The molecule has 160 valence electrons. The van der Waals surface area contributed by atoms with Gasteiger partial charge in [-0.1, -0.05) is 90.5 Å². The molecule has 0 aliphatic heterocycles. The third-order valence-corrected chi connectivity index (χ3v) is 5.26. The summed E-state index contributed by atoms with van der Waals surface area (Å²) in [6.07, 6.45) is 2.59. The fourth-order valence-electron chi connectivity index (χ4n) is 3.65. The maximum absolute atomic E-state index is 12.0. The molecule has 4 aromatic rings. The molecule has 0 spiro atoms. The maximum atomic E-state index is 12.0. The number of carbonyl (C=O) groups is 1. The number of aryl methyl sites for hydroxylation is 1. The van der Waals surface area contributed by atoms with E-state index in [2.05, 4.69) is 10.3 Å². The number of nitrogens with zero attached hydrogens (tertiary/aromatic N) is 2. The summed E-state index contributed by atoms with van der Waals surface area (Å²) < 4.78 is 0. The summed E-state index contributed by atoms with van der Waals surface area (Å²) in [5.74, 6) is -0.431. The van der Waals surface area contributed by atoms with Crippen LogP contribution in [0.2, 0.25) is 0 Å². The summed E-state index contributed by atoms with van der Waals surface area (Å²) in [5.41, 5.74) is 5.59. The highest BCUT2D eigenvalue weighted by Crippen LogP contribution is 2.23. The summed E-state index contributed by atoms with van der Waals surface area (Å²) in [6, 6.07) is 26.9. The highest BCUT2D eigenvalue weighted by molar-refractivity contribution is 5.77. The second-order valence-electron chi connectivity index (χ2n) is 7.81. The summed E-state index contributed by atoms with van der Waals surface area (Å²) in [6.45, 7) is 2.00. The molecule has 5 nitrogen and oxygen atoms in total. The van der Waals surface area contributed by atoms with Crippen molar-refractivity contribution >= 4 is 11.8 Å². The van der Waals surface area contributed by atoms with E-state index < -0.39 is 12.0 Å². The molecule has 3 aromatic carbocycles. The van der Waals surface area contributed by atoms with Gasteiger partial charge in [-0.15, -0.1) is 0 Å². The first-order valence-corrected chi connectivity index (χ1v) is 10.6. The lowest BCUT2D eigenvalue weighted by Crippen LogP contribution is -2.32. The summed E-state index contributed by atoms with van der Waals surface area (Å²) in [7, 11) is 0. The zero-order chi connectivity index (χ0) is 22.3. The average molecular weight is 424 g/mol. The Labute approximate surface area is 187 Å². The highest BCUT2D eigenvalue weighted by atomic mass is 16.4. The van der Waals surface area contributed by atoms with Gasteiger partial charge in [-0.3, -0.25) is 0 Å². The predicted molar refractivity (Wildman–Crippen MR) is 127 cm³/mol. The molecule has 1 aromatic heterocycles. The van der Waals surface area contributed by atoms with Crippen molar-refractivity contribution in [2.75, 3.05) is 5.32 Å². The number of aliphatic carboxylic acids is 1. The molecule has 0 aliphatic rings. The van der Waals surface area contributed by atoms with E-state index in [-0.39, 0.29) is 0 Å². The second kappa shape index (κ2) is 9.88. The second-order valence-corrected chi connectivity index (χ2v) is 7.81. The van der Waals surface area contributed by atoms with Gasteiger partial charge in [-0.25, -0.2) is 14.8 Å². The Morgan fingerprint density at radius 1 is 0.938 bits per heavy atom. The first-order chi connectivity index (χ1) is 15.6. The van der Waals surface area contributed by atoms with E-state index in [1.807, 2.05) is 91.9 Å². The van der Waals surface area contributed by atoms with Crippen LogP contribution in [0.3, 0.4) is 0 Å². The number of nitrogens with one attached hydrogen (secondary N) is 1. The van der Waals surface area contributed by atoms with Crippen molar-refractivity contribution in [2.24, 2.45) is 0 Å². The van der Waals surface area contributed by atoms with Crippen LogP contribution in [0.25, 0.3) is 11.3 Å². The SMILES string of the molecule is Cc1cccc(CC(Nc2ncc(-c3ccccc3)nc2Cc2ccccc2)C(=O)O)c1. The Hall–Kier alpha value is -3.99. The molecule has 1 unspecified atom stereocenters. The molecule has 0 bridgehead atoms. The smallest absolute Gasteiger partial charge is 0.326 e. The lowest BCUT2D eigenvalue weighted by molar-refractivity contribution is -0.137. The Bertz CT molecular complexity index is 1190. The molecule has 2 N–H and O–H groups in total. The van der Waals surface area contributed by atoms with E-state index in [1.54, 1.807) is 6.20 Å². The third-order valence-electron chi connectivity index (χ3n) is 5.26. The predicted octanol–water partition coefficient (Wildman–Crippen LogP) is 5.15. The van der Waals surface area contributed by atoms with E-state index in [9.17, 15) is 9.90 Å². The van der Waals surface area contributed by atoms with Gasteiger partial charge in [0.05, 0.1) is 17.6 Å². The van der Waals surface area contributed by atoms with E-state index >= 15 is 0 Å². The number of hydrogen-bond donors (Lipinski definition) is 2. The first kappa shape index (κ1) is 21.2. The molecule has 0 amide bonds. The average Bonchev–Trinajstić information content (AvgIpc) is 2.81. The zero-order valence-electron chi connectivity index (χ0n) is 17.9. The molecule has 0 radical (unpaired) electrons. The number of hydrogen-bond acceptors (Lipinski definition) is 4. The van der Waals surface area contributed by atoms with Gasteiger partial charge in [0.1, 0.15) is 11.9 Å². The minimum atomic E-state index is -0.925. The largest absolute Gasteiger partial charge is 0.480 e. The van der Waals surface area contributed by atoms with Crippen LogP contribution in [-0.4, -0.2) is 27.1 Å². The molecular formula is C27H25N3O2. The van der Waals surface area contributed by atoms with Crippen molar-refractivity contribution in [3.8, 4) is 11.3 Å². The first-order valence-electron chi connectivity index (χ1n) is 10.6. The lowest BCUT2D eigenvalue weighted by atomic mass is 10.0. The summed E-state index contributed by atoms with van der Waals surface area (Å²) in [5, 5.41) is 13.0. The zero-order valence-corrected chi connectivity index (χ0v) is 17.9. The molecule has 32 heavy (non-hydrogen) atoms. The van der Waals surface area contributed by atoms with Crippen molar-refractivity contribution in [3.05, 3.63) is 114 Å². The van der Waals surface area contributed by atoms with Crippen LogP contribution in [0.5, 0.6) is 0 Å². The van der Waals surface area contributed by atoms with Crippen LogP contribution in [-0.2, 0) is 17.6 Å². The van der Waals surface area contributed by atoms with Crippen molar-refractivity contribution < 1.29 is 9.90 Å². The topological polar surface area (TPSA) is 75.1 Å². The molecule has 0 aliphatic carbocycles. The van der Waals surface area contributed by atoms with Gasteiger partial charge in [0.15, 0.2) is 0 Å². The van der Waals surface area contributed by atoms with Gasteiger partial charge in [0.25, 0.3) is 0 Å². The monoisotopic (exact) mass is 423 g/mol. The quantitative estimate of drug-likeness (QED) is 0.410. The molecular weight excluding hydrogens is 398 g/mol. The van der Waals surface area contributed by atoms with Gasteiger partial charge in [0.2, 0.25) is 0 Å². The molecule has 5 heteroatoms. The lowest BCUT2D eigenvalue weighted by Gasteiger charge is -2.18. The minimum absolute atomic E-state index is 0.351. The molecule has 1 atom stereocenters. The van der Waals surface area contributed by atoms with Crippen LogP contribution in [0.4, 0.5) is 5.82 Å². The van der Waals surface area contributed by atoms with Gasteiger partial charge < -0.3 is 10.4 Å². The fraction of sp³-hybridized carbons (Fsp3) is 0.148. The van der Waals surface area contributed by atoms with Crippen LogP contribution < -0.4 is 5.32 Å². The van der Waals surface area contributed by atoms with Gasteiger partial charge in [-0.2, -0.15) is 0 Å². The van der Waals surface area contributed by atoms with Crippen molar-refractivity contribution in [2.45, 2.75) is 25.8 Å². The Kier molecular flexibility index (Phi) is 6.56. The Morgan fingerprint density at radius 3 is 2.31 bits per heavy atom. The van der Waals surface area contributed by atoms with Crippen LogP contribution in [0, 0.1) is 6.92 Å². The summed E-state index contributed by atoms with van der Waals surface area (Å²) >= 11 is 0. The van der Waals surface area contributed by atoms with Crippen molar-refractivity contribution in [3.63, 3.8) is 0 Å². The van der Waals surface area contributed by atoms with E-state index in [0.29, 0.717) is 24.4 Å². The number of carboxylic acid groups (broad SMARTS) is 1. The van der Waals surface area contributed by atoms with E-state index in [4.69, 9.17) is 4.98 Å².